The molecule has 0 amide bonds. The molecule has 222 valence electrons. The van der Waals surface area contributed by atoms with E-state index in [9.17, 15) is 4.79 Å². The molecule has 0 unspecified atom stereocenters. The Bertz CT molecular complexity index is 1800. The van der Waals surface area contributed by atoms with E-state index in [1.54, 1.807) is 19.2 Å². The van der Waals surface area contributed by atoms with E-state index >= 15 is 0 Å². The summed E-state index contributed by atoms with van der Waals surface area (Å²) in [5.74, 6) is 0.676. The van der Waals surface area contributed by atoms with Crippen molar-refractivity contribution in [1.82, 2.24) is 0 Å². The summed E-state index contributed by atoms with van der Waals surface area (Å²) in [7, 11) is 1.67. The van der Waals surface area contributed by atoms with Gasteiger partial charge in [-0.3, -0.25) is 0 Å². The highest BCUT2D eigenvalue weighted by atomic mass is 35.5. The summed E-state index contributed by atoms with van der Waals surface area (Å²) in [4.78, 5) is 13.2. The number of hydrogen-bond acceptors (Lipinski definition) is 3. The fourth-order valence-electron chi connectivity index (χ4n) is 6.74. The van der Waals surface area contributed by atoms with Gasteiger partial charge in [0.15, 0.2) is 5.75 Å². The molecule has 5 aromatic rings. The molecule has 5 aromatic carbocycles. The predicted octanol–water partition coefficient (Wildman–Crippen LogP) is 10.5. The zero-order chi connectivity index (χ0) is 30.8. The summed E-state index contributed by atoms with van der Waals surface area (Å²) in [6.07, 6.45) is 3.32. The molecule has 3 nitrogen and oxygen atoms in total. The van der Waals surface area contributed by atoms with Crippen molar-refractivity contribution >= 4 is 29.2 Å². The number of esters is 1. The lowest BCUT2D eigenvalue weighted by atomic mass is 9.67. The second-order valence-corrected chi connectivity index (χ2v) is 12.0. The number of halogens is 2. The van der Waals surface area contributed by atoms with Gasteiger partial charge in [-0.15, -0.1) is 0 Å². The maximum atomic E-state index is 13.2. The highest BCUT2D eigenvalue weighted by Crippen LogP contribution is 2.58. The molecule has 0 aliphatic heterocycles. The van der Waals surface area contributed by atoms with E-state index in [2.05, 4.69) is 74.5 Å². The van der Waals surface area contributed by atoms with Crippen molar-refractivity contribution in [1.29, 1.82) is 0 Å². The monoisotopic (exact) mass is 620 g/mol. The molecule has 0 saturated carbocycles. The van der Waals surface area contributed by atoms with E-state index in [0.29, 0.717) is 33.5 Å². The molecule has 44 heavy (non-hydrogen) atoms. The third kappa shape index (κ3) is 4.99. The Morgan fingerprint density at radius 3 is 1.66 bits per heavy atom. The molecule has 6 rings (SSSR count). The molecule has 0 radical (unpaired) electrons. The van der Waals surface area contributed by atoms with Crippen LogP contribution in [0.2, 0.25) is 10.0 Å². The topological polar surface area (TPSA) is 35.5 Å². The molecule has 1 aliphatic carbocycles. The highest BCUT2D eigenvalue weighted by Gasteiger charge is 2.47. The number of carbonyl (C=O) groups is 1. The van der Waals surface area contributed by atoms with Gasteiger partial charge in [-0.1, -0.05) is 129 Å². The molecule has 1 aliphatic rings. The van der Waals surface area contributed by atoms with Crippen molar-refractivity contribution in [3.8, 4) is 22.6 Å². The number of hydrogen-bond donors (Lipinski definition) is 0. The van der Waals surface area contributed by atoms with E-state index in [1.807, 2.05) is 30.3 Å². The normalized spacial score (nSPS) is 12.8. The van der Waals surface area contributed by atoms with Crippen molar-refractivity contribution in [2.24, 2.45) is 0 Å². The molecule has 0 saturated heterocycles. The second-order valence-electron chi connectivity index (χ2n) is 11.2. The van der Waals surface area contributed by atoms with Gasteiger partial charge in [-0.25, -0.2) is 4.79 Å². The fraction of sp³-hybridized carbons (Fsp3) is 0.205. The SMILES string of the molecule is CCCc1cc(C2(c3cc(Cl)c(OC(=O)c4ccccc4)c(CCC)c3)c3ccccc3-c3ccccc32)cc(Cl)c1OC. The minimum absolute atomic E-state index is 0.393. The molecular formula is C39H34Cl2O3. The summed E-state index contributed by atoms with van der Waals surface area (Å²) < 4.78 is 11.8. The van der Waals surface area contributed by atoms with Crippen molar-refractivity contribution < 1.29 is 14.3 Å². The summed E-state index contributed by atoms with van der Waals surface area (Å²) >= 11 is 14.1. The van der Waals surface area contributed by atoms with Crippen LogP contribution in [0.1, 0.15) is 70.4 Å². The standard InChI is InChI=1S/C39H34Cl2O3/c1-4-13-26-21-28(23-34(40)36(26)43-3)39(32-19-11-9-17-30(32)31-18-10-12-20-33(31)39)29-22-27(14-5-2)37(35(41)24-29)44-38(42)25-15-7-6-8-16-25/h6-12,15-24H,4-5,13-14H2,1-3H3. The smallest absolute Gasteiger partial charge is 0.343 e. The Hall–Kier alpha value is -4.05. The van der Waals surface area contributed by atoms with E-state index < -0.39 is 11.4 Å². The van der Waals surface area contributed by atoms with Gasteiger partial charge in [0.1, 0.15) is 5.75 Å². The number of rotatable bonds is 9. The van der Waals surface area contributed by atoms with Crippen LogP contribution in [-0.4, -0.2) is 13.1 Å². The minimum atomic E-state index is -0.723. The Balaban J connectivity index is 1.65. The summed E-state index contributed by atoms with van der Waals surface area (Å²) in [6, 6.07) is 34.5. The number of aryl methyl sites for hydroxylation is 2. The van der Waals surface area contributed by atoms with E-state index in [0.717, 1.165) is 52.6 Å². The Morgan fingerprint density at radius 2 is 1.14 bits per heavy atom. The number of methoxy groups -OCH3 is 1. The first-order valence-corrected chi connectivity index (χ1v) is 15.9. The molecule has 0 heterocycles. The first kappa shape index (κ1) is 30.0. The van der Waals surface area contributed by atoms with Crippen LogP contribution in [0.3, 0.4) is 0 Å². The molecule has 0 bridgehead atoms. The minimum Gasteiger partial charge on any atom is -0.495 e. The maximum Gasteiger partial charge on any atom is 0.343 e. The highest BCUT2D eigenvalue weighted by molar-refractivity contribution is 6.33. The zero-order valence-corrected chi connectivity index (χ0v) is 26.6. The molecule has 0 N–H and O–H groups in total. The third-order valence-electron chi connectivity index (χ3n) is 8.51. The van der Waals surface area contributed by atoms with Crippen LogP contribution in [0.15, 0.2) is 103 Å². The van der Waals surface area contributed by atoms with Gasteiger partial charge in [0.2, 0.25) is 0 Å². The largest absolute Gasteiger partial charge is 0.495 e. The van der Waals surface area contributed by atoms with Crippen LogP contribution >= 0.6 is 23.2 Å². The van der Waals surface area contributed by atoms with Crippen LogP contribution in [0.25, 0.3) is 11.1 Å². The third-order valence-corrected chi connectivity index (χ3v) is 9.07. The van der Waals surface area contributed by atoms with Gasteiger partial charge >= 0.3 is 5.97 Å². The predicted molar refractivity (Wildman–Crippen MR) is 180 cm³/mol. The van der Waals surface area contributed by atoms with E-state index in [4.69, 9.17) is 32.7 Å². The molecule has 0 aromatic heterocycles. The van der Waals surface area contributed by atoms with Crippen LogP contribution in [-0.2, 0) is 18.3 Å². The number of fused-ring (bicyclic) bond motifs is 3. The van der Waals surface area contributed by atoms with Gasteiger partial charge < -0.3 is 9.47 Å². The lowest BCUT2D eigenvalue weighted by molar-refractivity contribution is 0.0733. The molecule has 0 spiro atoms. The average Bonchev–Trinajstić information content (AvgIpc) is 3.34. The van der Waals surface area contributed by atoms with Crippen molar-refractivity contribution in [3.63, 3.8) is 0 Å². The zero-order valence-electron chi connectivity index (χ0n) is 25.1. The second kappa shape index (κ2) is 12.5. The number of carbonyl (C=O) groups excluding carboxylic acids is 1. The van der Waals surface area contributed by atoms with Crippen LogP contribution < -0.4 is 9.47 Å². The van der Waals surface area contributed by atoms with Crippen LogP contribution in [0.4, 0.5) is 0 Å². The van der Waals surface area contributed by atoms with Gasteiger partial charge in [0.25, 0.3) is 0 Å². The van der Waals surface area contributed by atoms with E-state index in [1.165, 1.54) is 11.1 Å². The average molecular weight is 622 g/mol. The lowest BCUT2D eigenvalue weighted by Gasteiger charge is -2.35. The number of ether oxygens (including phenoxy) is 2. The quantitative estimate of drug-likeness (QED) is 0.119. The van der Waals surface area contributed by atoms with Gasteiger partial charge in [-0.05, 0) is 81.6 Å². The van der Waals surface area contributed by atoms with Crippen LogP contribution in [0.5, 0.6) is 11.5 Å². The molecular weight excluding hydrogens is 587 g/mol. The summed E-state index contributed by atoms with van der Waals surface area (Å²) in [5, 5.41) is 0.966. The summed E-state index contributed by atoms with van der Waals surface area (Å²) in [5.41, 5.74) is 8.36. The maximum absolute atomic E-state index is 13.2. The van der Waals surface area contributed by atoms with E-state index in [-0.39, 0.29) is 0 Å². The Morgan fingerprint density at radius 1 is 0.659 bits per heavy atom. The van der Waals surface area contributed by atoms with Crippen molar-refractivity contribution in [2.45, 2.75) is 44.9 Å². The lowest BCUT2D eigenvalue weighted by Crippen LogP contribution is -2.29. The Labute approximate surface area is 269 Å². The van der Waals surface area contributed by atoms with Crippen molar-refractivity contribution in [3.05, 3.63) is 152 Å². The van der Waals surface area contributed by atoms with Crippen molar-refractivity contribution in [2.75, 3.05) is 7.11 Å². The first-order chi connectivity index (χ1) is 21.4. The molecule has 0 atom stereocenters. The van der Waals surface area contributed by atoms with Gasteiger partial charge in [0, 0.05) is 0 Å². The first-order valence-electron chi connectivity index (χ1n) is 15.1. The molecule has 0 fully saturated rings. The number of benzene rings is 5. The van der Waals surface area contributed by atoms with Crippen LogP contribution in [0, 0.1) is 0 Å². The van der Waals surface area contributed by atoms with Gasteiger partial charge in [0.05, 0.1) is 28.1 Å². The fourth-order valence-corrected chi connectivity index (χ4v) is 7.33. The Kier molecular flexibility index (Phi) is 8.53. The van der Waals surface area contributed by atoms with Gasteiger partial charge in [-0.2, -0.15) is 0 Å². The summed E-state index contributed by atoms with van der Waals surface area (Å²) in [6.45, 7) is 4.27. The molecule has 5 heteroatoms.